The topological polar surface area (TPSA) is 43.1 Å². The molecule has 0 rings (SSSR count). The smallest absolute Gasteiger partial charge is 0.157 e. The first kappa shape index (κ1) is 11.4. The van der Waals surface area contributed by atoms with Crippen molar-refractivity contribution in [3.63, 3.8) is 0 Å². The summed E-state index contributed by atoms with van der Waals surface area (Å²) in [5, 5.41) is 0. The van der Waals surface area contributed by atoms with Crippen molar-refractivity contribution in [3.8, 4) is 0 Å². The third-order valence-corrected chi connectivity index (χ3v) is 1.98. The molecular weight excluding hydrogens is 150 g/mol. The molecule has 0 bridgehead atoms. The first-order chi connectivity index (χ1) is 5.57. The fourth-order valence-electron chi connectivity index (χ4n) is 1.09. The number of rotatable bonds is 6. The van der Waals surface area contributed by atoms with Crippen molar-refractivity contribution in [2.24, 2.45) is 11.7 Å². The van der Waals surface area contributed by atoms with E-state index < -0.39 is 0 Å². The highest BCUT2D eigenvalue weighted by Gasteiger charge is 2.08. The minimum Gasteiger partial charge on any atom is -0.328 e. The Kier molecular flexibility index (Phi) is 5.64. The Hall–Kier alpha value is -0.630. The van der Waals surface area contributed by atoms with Gasteiger partial charge in [0.25, 0.3) is 0 Å². The minimum atomic E-state index is 0.112. The third-order valence-electron chi connectivity index (χ3n) is 1.98. The van der Waals surface area contributed by atoms with Gasteiger partial charge in [0.15, 0.2) is 5.78 Å². The second-order valence-corrected chi connectivity index (χ2v) is 3.42. The molecule has 0 radical (unpaired) electrons. The first-order valence-electron chi connectivity index (χ1n) is 4.49. The van der Waals surface area contributed by atoms with Gasteiger partial charge in [-0.25, -0.2) is 0 Å². The van der Waals surface area contributed by atoms with Crippen LogP contribution in [0.4, 0.5) is 0 Å². The lowest BCUT2D eigenvalue weighted by Crippen LogP contribution is -2.15. The molecule has 0 aromatic rings. The average Bonchev–Trinajstić information content (AvgIpc) is 2.02. The highest BCUT2D eigenvalue weighted by atomic mass is 16.1. The van der Waals surface area contributed by atoms with Crippen molar-refractivity contribution >= 4 is 5.78 Å². The molecule has 0 saturated carbocycles. The standard InChI is InChI=1S/C10H19NO/c1-4-10(12)8(2)6-5-7-9(3)11/h4,8-9H,1,5-7,11H2,2-3H3. The summed E-state index contributed by atoms with van der Waals surface area (Å²) in [6.07, 6.45) is 4.34. The molecule has 12 heavy (non-hydrogen) atoms. The van der Waals surface area contributed by atoms with E-state index >= 15 is 0 Å². The van der Waals surface area contributed by atoms with E-state index in [9.17, 15) is 4.79 Å². The van der Waals surface area contributed by atoms with Crippen LogP contribution in [0.2, 0.25) is 0 Å². The van der Waals surface area contributed by atoms with Crippen LogP contribution < -0.4 is 5.73 Å². The van der Waals surface area contributed by atoms with Crippen LogP contribution in [0.3, 0.4) is 0 Å². The van der Waals surface area contributed by atoms with Gasteiger partial charge < -0.3 is 5.73 Å². The van der Waals surface area contributed by atoms with Crippen molar-refractivity contribution in [3.05, 3.63) is 12.7 Å². The van der Waals surface area contributed by atoms with Crippen LogP contribution in [0.15, 0.2) is 12.7 Å². The van der Waals surface area contributed by atoms with E-state index in [2.05, 4.69) is 6.58 Å². The van der Waals surface area contributed by atoms with Gasteiger partial charge in [0.05, 0.1) is 0 Å². The van der Waals surface area contributed by atoms with E-state index in [4.69, 9.17) is 5.73 Å². The highest BCUT2D eigenvalue weighted by Crippen LogP contribution is 2.10. The zero-order valence-electron chi connectivity index (χ0n) is 8.05. The van der Waals surface area contributed by atoms with E-state index in [0.29, 0.717) is 0 Å². The van der Waals surface area contributed by atoms with Gasteiger partial charge in [-0.1, -0.05) is 19.9 Å². The van der Waals surface area contributed by atoms with Crippen LogP contribution in [0.1, 0.15) is 33.1 Å². The molecule has 0 saturated heterocycles. The molecule has 0 aromatic heterocycles. The summed E-state index contributed by atoms with van der Waals surface area (Å²) in [4.78, 5) is 11.0. The van der Waals surface area contributed by atoms with Crippen molar-refractivity contribution in [2.45, 2.75) is 39.2 Å². The van der Waals surface area contributed by atoms with Gasteiger partial charge in [-0.3, -0.25) is 4.79 Å². The Balaban J connectivity index is 3.50. The van der Waals surface area contributed by atoms with Crippen molar-refractivity contribution in [1.82, 2.24) is 0 Å². The SMILES string of the molecule is C=CC(=O)C(C)CCCC(C)N. The number of allylic oxidation sites excluding steroid dienone is 1. The largest absolute Gasteiger partial charge is 0.328 e. The first-order valence-corrected chi connectivity index (χ1v) is 4.49. The highest BCUT2D eigenvalue weighted by molar-refractivity contribution is 5.90. The third kappa shape index (κ3) is 5.08. The van der Waals surface area contributed by atoms with E-state index in [-0.39, 0.29) is 17.7 Å². The van der Waals surface area contributed by atoms with Crippen molar-refractivity contribution in [1.29, 1.82) is 0 Å². The minimum absolute atomic E-state index is 0.112. The van der Waals surface area contributed by atoms with E-state index in [0.717, 1.165) is 19.3 Å². The number of nitrogens with two attached hydrogens (primary N) is 1. The Morgan fingerprint density at radius 1 is 1.50 bits per heavy atom. The van der Waals surface area contributed by atoms with Gasteiger partial charge >= 0.3 is 0 Å². The van der Waals surface area contributed by atoms with Crippen molar-refractivity contribution < 1.29 is 4.79 Å². The Morgan fingerprint density at radius 3 is 2.50 bits per heavy atom. The molecule has 2 heteroatoms. The number of carbonyl (C=O) groups is 1. The lowest BCUT2D eigenvalue weighted by molar-refractivity contribution is -0.117. The Bertz CT molecular complexity index is 152. The molecule has 0 aromatic carbocycles. The van der Waals surface area contributed by atoms with Crippen LogP contribution in [-0.2, 0) is 4.79 Å². The van der Waals surface area contributed by atoms with Gasteiger partial charge in [-0.2, -0.15) is 0 Å². The van der Waals surface area contributed by atoms with Crippen LogP contribution in [-0.4, -0.2) is 11.8 Å². The lowest BCUT2D eigenvalue weighted by Gasteiger charge is -2.08. The number of ketones is 1. The second kappa shape index (κ2) is 5.95. The van der Waals surface area contributed by atoms with Gasteiger partial charge in [0, 0.05) is 12.0 Å². The molecule has 2 atom stereocenters. The molecule has 0 amide bonds. The summed E-state index contributed by atoms with van der Waals surface area (Å²) < 4.78 is 0. The van der Waals surface area contributed by atoms with Gasteiger partial charge in [0.2, 0.25) is 0 Å². The summed E-state index contributed by atoms with van der Waals surface area (Å²) in [5.41, 5.74) is 5.58. The maximum atomic E-state index is 11.0. The fourth-order valence-corrected chi connectivity index (χ4v) is 1.09. The monoisotopic (exact) mass is 169 g/mol. The molecule has 0 aliphatic rings. The van der Waals surface area contributed by atoms with E-state index in [1.807, 2.05) is 13.8 Å². The van der Waals surface area contributed by atoms with Crippen molar-refractivity contribution in [2.75, 3.05) is 0 Å². The van der Waals surface area contributed by atoms with Gasteiger partial charge in [-0.05, 0) is 25.8 Å². The van der Waals surface area contributed by atoms with E-state index in [1.165, 1.54) is 6.08 Å². The molecular formula is C10H19NO. The molecule has 0 spiro atoms. The number of carbonyl (C=O) groups excluding carboxylic acids is 1. The fraction of sp³-hybridized carbons (Fsp3) is 0.700. The predicted molar refractivity (Wildman–Crippen MR) is 51.9 cm³/mol. The molecule has 0 fully saturated rings. The number of hydrogen-bond acceptors (Lipinski definition) is 2. The molecule has 70 valence electrons. The van der Waals surface area contributed by atoms with Crippen LogP contribution in [0.5, 0.6) is 0 Å². The number of hydrogen-bond donors (Lipinski definition) is 1. The zero-order valence-corrected chi connectivity index (χ0v) is 8.05. The Morgan fingerprint density at radius 2 is 2.08 bits per heavy atom. The maximum absolute atomic E-state index is 11.0. The van der Waals surface area contributed by atoms with Gasteiger partial charge in [0.1, 0.15) is 0 Å². The lowest BCUT2D eigenvalue weighted by atomic mass is 9.98. The summed E-state index contributed by atoms with van der Waals surface area (Å²) in [6.45, 7) is 7.37. The maximum Gasteiger partial charge on any atom is 0.157 e. The molecule has 0 aliphatic heterocycles. The van der Waals surface area contributed by atoms with E-state index in [1.54, 1.807) is 0 Å². The molecule has 2 unspecified atom stereocenters. The second-order valence-electron chi connectivity index (χ2n) is 3.42. The van der Waals surface area contributed by atoms with Crippen LogP contribution >= 0.6 is 0 Å². The summed E-state index contributed by atoms with van der Waals surface area (Å²) in [5.74, 6) is 0.251. The van der Waals surface area contributed by atoms with Crippen LogP contribution in [0, 0.1) is 5.92 Å². The Labute approximate surface area is 74.8 Å². The quantitative estimate of drug-likeness (QED) is 0.617. The predicted octanol–water partition coefficient (Wildman–Crippen LogP) is 1.90. The van der Waals surface area contributed by atoms with Crippen LogP contribution in [0.25, 0.3) is 0 Å². The summed E-state index contributed by atoms with van der Waals surface area (Å²) in [7, 11) is 0. The molecule has 0 heterocycles. The molecule has 0 aliphatic carbocycles. The summed E-state index contributed by atoms with van der Waals surface area (Å²) in [6, 6.07) is 0.246. The average molecular weight is 169 g/mol. The zero-order chi connectivity index (χ0) is 9.56. The summed E-state index contributed by atoms with van der Waals surface area (Å²) >= 11 is 0. The molecule has 2 nitrogen and oxygen atoms in total. The normalized spacial score (nSPS) is 15.2. The van der Waals surface area contributed by atoms with Gasteiger partial charge in [-0.15, -0.1) is 0 Å². The molecule has 2 N–H and O–H groups in total.